The van der Waals surface area contributed by atoms with E-state index in [9.17, 15) is 9.50 Å². The molecule has 0 spiro atoms. The molecule has 4 nitrogen and oxygen atoms in total. The van der Waals surface area contributed by atoms with Crippen molar-refractivity contribution in [2.45, 2.75) is 19.6 Å². The first-order valence-electron chi connectivity index (χ1n) is 6.73. The number of nitrogen functional groups attached to an aromatic ring is 1. The van der Waals surface area contributed by atoms with E-state index in [0.29, 0.717) is 11.5 Å². The van der Waals surface area contributed by atoms with Crippen molar-refractivity contribution in [1.29, 1.82) is 0 Å². The van der Waals surface area contributed by atoms with E-state index in [1.807, 2.05) is 17.6 Å². The van der Waals surface area contributed by atoms with Crippen LogP contribution in [0.5, 0.6) is 0 Å². The van der Waals surface area contributed by atoms with E-state index >= 15 is 0 Å². The number of rotatable bonds is 3. The highest BCUT2D eigenvalue weighted by atomic mass is 19.1. The molecule has 3 aromatic rings. The van der Waals surface area contributed by atoms with Gasteiger partial charge in [-0.1, -0.05) is 12.1 Å². The highest BCUT2D eigenvalue weighted by Gasteiger charge is 2.17. The average molecular weight is 285 g/mol. The van der Waals surface area contributed by atoms with Crippen molar-refractivity contribution < 1.29 is 9.50 Å². The molecule has 0 amide bonds. The Morgan fingerprint density at radius 3 is 2.62 bits per heavy atom. The number of halogens is 1. The Morgan fingerprint density at radius 2 is 1.95 bits per heavy atom. The molecule has 3 rings (SSSR count). The van der Waals surface area contributed by atoms with Gasteiger partial charge in [-0.2, -0.15) is 0 Å². The fourth-order valence-corrected chi connectivity index (χ4v) is 2.60. The molecule has 3 N–H and O–H groups in total. The van der Waals surface area contributed by atoms with Gasteiger partial charge in [-0.15, -0.1) is 0 Å². The zero-order valence-electron chi connectivity index (χ0n) is 11.6. The van der Waals surface area contributed by atoms with E-state index in [0.717, 1.165) is 16.6 Å². The second kappa shape index (κ2) is 5.18. The fraction of sp³-hybridized carbons (Fsp3) is 0.188. The Balaban J connectivity index is 2.16. The fourth-order valence-electron chi connectivity index (χ4n) is 2.60. The quantitative estimate of drug-likeness (QED) is 0.727. The van der Waals surface area contributed by atoms with Crippen LogP contribution in [0.1, 0.15) is 24.4 Å². The van der Waals surface area contributed by atoms with Crippen LogP contribution >= 0.6 is 0 Å². The summed E-state index contributed by atoms with van der Waals surface area (Å²) in [6, 6.07) is 11.7. The third-order valence-corrected chi connectivity index (χ3v) is 3.67. The van der Waals surface area contributed by atoms with Gasteiger partial charge in [0.15, 0.2) is 0 Å². The molecule has 21 heavy (non-hydrogen) atoms. The summed E-state index contributed by atoms with van der Waals surface area (Å²) in [5, 5.41) is 9.55. The van der Waals surface area contributed by atoms with Gasteiger partial charge in [-0.05, 0) is 42.8 Å². The predicted molar refractivity (Wildman–Crippen MR) is 80.3 cm³/mol. The summed E-state index contributed by atoms with van der Waals surface area (Å²) in [6.07, 6.45) is 0. The third-order valence-electron chi connectivity index (χ3n) is 3.67. The van der Waals surface area contributed by atoms with Crippen molar-refractivity contribution in [2.24, 2.45) is 0 Å². The van der Waals surface area contributed by atoms with Gasteiger partial charge in [-0.3, -0.25) is 0 Å². The zero-order valence-corrected chi connectivity index (χ0v) is 11.6. The minimum absolute atomic E-state index is 0.0682. The van der Waals surface area contributed by atoms with Crippen LogP contribution in [0.25, 0.3) is 11.0 Å². The third kappa shape index (κ3) is 2.36. The smallest absolute Gasteiger partial charge is 0.136 e. The first kappa shape index (κ1) is 13.6. The Kier molecular flexibility index (Phi) is 3.35. The maximum atomic E-state index is 13.1. The normalized spacial score (nSPS) is 12.7. The Labute approximate surface area is 121 Å². The van der Waals surface area contributed by atoms with Crippen molar-refractivity contribution in [3.8, 4) is 0 Å². The molecule has 0 aliphatic carbocycles. The minimum atomic E-state index is -0.267. The second-order valence-corrected chi connectivity index (χ2v) is 5.03. The number of imidazole rings is 1. The number of hydrogen-bond acceptors (Lipinski definition) is 3. The molecule has 1 atom stereocenters. The standard InChI is InChI=1S/C16H16FN3O/c1-10(11-2-4-12(17)5-3-11)20-15-7-6-13(18)8-14(15)19-16(20)9-21/h2-8,10,21H,9,18H2,1H3. The van der Waals surface area contributed by atoms with Crippen LogP contribution in [0.3, 0.4) is 0 Å². The first-order valence-corrected chi connectivity index (χ1v) is 6.73. The molecular formula is C16H16FN3O. The van der Waals surface area contributed by atoms with E-state index in [4.69, 9.17) is 5.73 Å². The Hall–Kier alpha value is -2.40. The molecule has 5 heteroatoms. The molecule has 0 aliphatic rings. The highest BCUT2D eigenvalue weighted by molar-refractivity contribution is 5.80. The average Bonchev–Trinajstić information content (AvgIpc) is 2.84. The van der Waals surface area contributed by atoms with Crippen molar-refractivity contribution in [2.75, 3.05) is 5.73 Å². The number of hydrogen-bond donors (Lipinski definition) is 2. The van der Waals surface area contributed by atoms with E-state index in [2.05, 4.69) is 4.98 Å². The van der Waals surface area contributed by atoms with Crippen molar-refractivity contribution >= 4 is 16.7 Å². The lowest BCUT2D eigenvalue weighted by Crippen LogP contribution is -2.10. The maximum Gasteiger partial charge on any atom is 0.136 e. The summed E-state index contributed by atoms with van der Waals surface area (Å²) in [7, 11) is 0. The SMILES string of the molecule is CC(c1ccc(F)cc1)n1c(CO)nc2cc(N)ccc21. The van der Waals surface area contributed by atoms with Gasteiger partial charge in [0.1, 0.15) is 18.2 Å². The minimum Gasteiger partial charge on any atom is -0.399 e. The van der Waals surface area contributed by atoms with Gasteiger partial charge < -0.3 is 15.4 Å². The van der Waals surface area contributed by atoms with Gasteiger partial charge in [0.05, 0.1) is 17.1 Å². The van der Waals surface area contributed by atoms with Crippen molar-refractivity contribution in [3.05, 3.63) is 59.7 Å². The number of nitrogens with zero attached hydrogens (tertiary/aromatic N) is 2. The molecule has 1 heterocycles. The Bertz CT molecular complexity index is 780. The molecule has 1 unspecified atom stereocenters. The van der Waals surface area contributed by atoms with Crippen LogP contribution in [-0.4, -0.2) is 14.7 Å². The van der Waals surface area contributed by atoms with Gasteiger partial charge in [0.25, 0.3) is 0 Å². The molecule has 1 aromatic heterocycles. The van der Waals surface area contributed by atoms with E-state index in [1.165, 1.54) is 12.1 Å². The lowest BCUT2D eigenvalue weighted by Gasteiger charge is -2.17. The Morgan fingerprint density at radius 1 is 1.24 bits per heavy atom. The van der Waals surface area contributed by atoms with Crippen LogP contribution in [0.15, 0.2) is 42.5 Å². The molecule has 0 fully saturated rings. The van der Waals surface area contributed by atoms with Crippen molar-refractivity contribution in [1.82, 2.24) is 9.55 Å². The molecule has 2 aromatic carbocycles. The summed E-state index contributed by atoms with van der Waals surface area (Å²) in [5.41, 5.74) is 8.99. The number of aliphatic hydroxyl groups excluding tert-OH is 1. The molecule has 0 bridgehead atoms. The summed E-state index contributed by atoms with van der Waals surface area (Å²) in [4.78, 5) is 4.42. The summed E-state index contributed by atoms with van der Waals surface area (Å²) in [6.45, 7) is 1.82. The first-order chi connectivity index (χ1) is 10.1. The number of aromatic nitrogens is 2. The number of fused-ring (bicyclic) bond motifs is 1. The molecule has 0 aliphatic heterocycles. The second-order valence-electron chi connectivity index (χ2n) is 5.03. The number of anilines is 1. The highest BCUT2D eigenvalue weighted by Crippen LogP contribution is 2.27. The van der Waals surface area contributed by atoms with Gasteiger partial charge in [0, 0.05) is 5.69 Å². The zero-order chi connectivity index (χ0) is 15.0. The van der Waals surface area contributed by atoms with E-state index < -0.39 is 0 Å². The van der Waals surface area contributed by atoms with Gasteiger partial charge in [-0.25, -0.2) is 9.37 Å². The number of aliphatic hydroxyl groups is 1. The molecule has 0 saturated carbocycles. The van der Waals surface area contributed by atoms with Crippen molar-refractivity contribution in [3.63, 3.8) is 0 Å². The van der Waals surface area contributed by atoms with E-state index in [1.54, 1.807) is 24.3 Å². The molecule has 0 saturated heterocycles. The van der Waals surface area contributed by atoms with Crippen LogP contribution < -0.4 is 5.73 Å². The van der Waals surface area contributed by atoms with Gasteiger partial charge in [0.2, 0.25) is 0 Å². The topological polar surface area (TPSA) is 64.1 Å². The monoisotopic (exact) mass is 285 g/mol. The maximum absolute atomic E-state index is 13.1. The molecule has 108 valence electrons. The van der Waals surface area contributed by atoms with Gasteiger partial charge >= 0.3 is 0 Å². The summed E-state index contributed by atoms with van der Waals surface area (Å²) >= 11 is 0. The largest absolute Gasteiger partial charge is 0.399 e. The summed E-state index contributed by atoms with van der Waals surface area (Å²) in [5.74, 6) is 0.295. The lowest BCUT2D eigenvalue weighted by atomic mass is 10.1. The van der Waals surface area contributed by atoms with Crippen LogP contribution in [-0.2, 0) is 6.61 Å². The number of benzene rings is 2. The lowest BCUT2D eigenvalue weighted by molar-refractivity contribution is 0.264. The molecular weight excluding hydrogens is 269 g/mol. The summed E-state index contributed by atoms with van der Waals surface area (Å²) < 4.78 is 15.0. The van der Waals surface area contributed by atoms with Crippen LogP contribution in [0.2, 0.25) is 0 Å². The predicted octanol–water partition coefficient (Wildman–Crippen LogP) is 2.86. The molecule has 0 radical (unpaired) electrons. The van der Waals surface area contributed by atoms with Crippen LogP contribution in [0.4, 0.5) is 10.1 Å². The van der Waals surface area contributed by atoms with Crippen LogP contribution in [0, 0.1) is 5.82 Å². The number of nitrogens with two attached hydrogens (primary N) is 1. The van der Waals surface area contributed by atoms with E-state index in [-0.39, 0.29) is 18.5 Å².